The second kappa shape index (κ2) is 10.1. The van der Waals surface area contributed by atoms with Crippen LogP contribution in [-0.4, -0.2) is 39.1 Å². The molecule has 194 valence electrons. The Hall–Kier alpha value is -4.94. The van der Waals surface area contributed by atoms with Crippen LogP contribution in [0.25, 0.3) is 32.8 Å². The van der Waals surface area contributed by atoms with Gasteiger partial charge in [-0.3, -0.25) is 9.48 Å². The standard InChI is InChI=1S/C30H25N5O4/c31-15-21-2-1-3-28(23(21)14-29(36)37)39-17-26-25-13-20(6-7-27(25)35(34-26)22-9-11-38-16-22)19-5-4-18-8-10-33-30(32)24(18)12-19/h1-8,10,12-13,22H,9,11,14,16-17H2,(H2,32,33)(H,36,37). The highest BCUT2D eigenvalue weighted by atomic mass is 16.5. The molecule has 3 heterocycles. The molecular weight excluding hydrogens is 494 g/mol. The second-order valence-corrected chi connectivity index (χ2v) is 9.53. The zero-order chi connectivity index (χ0) is 26.9. The predicted molar refractivity (Wildman–Crippen MR) is 146 cm³/mol. The summed E-state index contributed by atoms with van der Waals surface area (Å²) in [6.07, 6.45) is 2.26. The van der Waals surface area contributed by atoms with Crippen molar-refractivity contribution in [2.24, 2.45) is 0 Å². The number of pyridine rings is 1. The minimum atomic E-state index is -1.03. The van der Waals surface area contributed by atoms with Gasteiger partial charge in [-0.1, -0.05) is 24.3 Å². The van der Waals surface area contributed by atoms with Gasteiger partial charge in [-0.05, 0) is 59.3 Å². The normalized spacial score (nSPS) is 15.0. The van der Waals surface area contributed by atoms with Crippen molar-refractivity contribution < 1.29 is 19.4 Å². The summed E-state index contributed by atoms with van der Waals surface area (Å²) in [5, 5.41) is 26.6. The zero-order valence-corrected chi connectivity index (χ0v) is 21.0. The number of carboxylic acids is 1. The van der Waals surface area contributed by atoms with Crippen LogP contribution in [-0.2, 0) is 22.6 Å². The topological polar surface area (TPSA) is 136 Å². The molecule has 1 saturated heterocycles. The molecule has 1 unspecified atom stereocenters. The first-order valence-electron chi connectivity index (χ1n) is 12.6. The first-order chi connectivity index (χ1) is 19.0. The highest BCUT2D eigenvalue weighted by Gasteiger charge is 2.23. The predicted octanol–water partition coefficient (Wildman–Crippen LogP) is 4.87. The molecule has 0 spiro atoms. The quantitative estimate of drug-likeness (QED) is 0.311. The number of aromatic nitrogens is 3. The number of rotatable bonds is 7. The number of nitrogens with zero attached hydrogens (tertiary/aromatic N) is 4. The Morgan fingerprint density at radius 1 is 1.15 bits per heavy atom. The Labute approximate surface area is 224 Å². The van der Waals surface area contributed by atoms with Crippen molar-refractivity contribution in [3.8, 4) is 22.9 Å². The Kier molecular flexibility index (Phi) is 6.31. The van der Waals surface area contributed by atoms with Gasteiger partial charge >= 0.3 is 5.97 Å². The molecule has 0 aliphatic carbocycles. The Bertz CT molecular complexity index is 1770. The molecule has 0 amide bonds. The van der Waals surface area contributed by atoms with E-state index in [1.54, 1.807) is 24.4 Å². The Morgan fingerprint density at radius 3 is 2.74 bits per heavy atom. The van der Waals surface area contributed by atoms with E-state index in [4.69, 9.17) is 20.3 Å². The van der Waals surface area contributed by atoms with Gasteiger partial charge in [0.25, 0.3) is 0 Å². The van der Waals surface area contributed by atoms with Gasteiger partial charge in [-0.25, -0.2) is 4.98 Å². The van der Waals surface area contributed by atoms with E-state index in [2.05, 4.69) is 35.3 Å². The molecule has 1 aliphatic heterocycles. The van der Waals surface area contributed by atoms with E-state index in [0.29, 0.717) is 36.0 Å². The molecule has 1 atom stereocenters. The van der Waals surface area contributed by atoms with Crippen LogP contribution < -0.4 is 10.5 Å². The molecule has 39 heavy (non-hydrogen) atoms. The molecule has 0 bridgehead atoms. The van der Waals surface area contributed by atoms with Gasteiger partial charge in [0.2, 0.25) is 0 Å². The summed E-state index contributed by atoms with van der Waals surface area (Å²) in [5.41, 5.74) is 10.4. The van der Waals surface area contributed by atoms with Gasteiger partial charge < -0.3 is 20.3 Å². The monoisotopic (exact) mass is 519 g/mol. The van der Waals surface area contributed by atoms with Crippen LogP contribution in [0.1, 0.15) is 29.3 Å². The van der Waals surface area contributed by atoms with Crippen molar-refractivity contribution in [2.75, 3.05) is 18.9 Å². The van der Waals surface area contributed by atoms with Gasteiger partial charge in [-0.2, -0.15) is 10.4 Å². The fraction of sp³-hybridized carbons (Fsp3) is 0.200. The number of anilines is 1. The first-order valence-corrected chi connectivity index (χ1v) is 12.6. The average molecular weight is 520 g/mol. The Balaban J connectivity index is 1.41. The lowest BCUT2D eigenvalue weighted by atomic mass is 10.00. The van der Waals surface area contributed by atoms with Crippen LogP contribution in [0, 0.1) is 11.3 Å². The summed E-state index contributed by atoms with van der Waals surface area (Å²) in [5.74, 6) is -0.193. The summed E-state index contributed by atoms with van der Waals surface area (Å²) >= 11 is 0. The van der Waals surface area contributed by atoms with Crippen LogP contribution in [0.5, 0.6) is 5.75 Å². The van der Waals surface area contributed by atoms with Gasteiger partial charge in [0.05, 0.1) is 36.2 Å². The third-order valence-electron chi connectivity index (χ3n) is 7.11. The number of fused-ring (bicyclic) bond motifs is 2. The fourth-order valence-electron chi connectivity index (χ4n) is 5.14. The van der Waals surface area contributed by atoms with E-state index < -0.39 is 5.97 Å². The number of nitriles is 1. The number of nitrogens with two attached hydrogens (primary N) is 1. The molecule has 3 N–H and O–H groups in total. The number of hydrogen-bond acceptors (Lipinski definition) is 7. The van der Waals surface area contributed by atoms with Gasteiger partial charge in [0, 0.05) is 29.1 Å². The van der Waals surface area contributed by atoms with Crippen LogP contribution in [0.15, 0.2) is 66.9 Å². The van der Waals surface area contributed by atoms with Gasteiger partial charge in [-0.15, -0.1) is 0 Å². The number of benzene rings is 3. The van der Waals surface area contributed by atoms with E-state index in [1.165, 1.54) is 0 Å². The maximum atomic E-state index is 11.5. The average Bonchev–Trinajstić information content (AvgIpc) is 3.60. The molecule has 0 radical (unpaired) electrons. The third-order valence-corrected chi connectivity index (χ3v) is 7.11. The lowest BCUT2D eigenvalue weighted by Crippen LogP contribution is -2.11. The number of hydrogen-bond donors (Lipinski definition) is 2. The molecule has 1 aliphatic rings. The van der Waals surface area contributed by atoms with Crippen LogP contribution in [0.4, 0.5) is 5.82 Å². The van der Waals surface area contributed by atoms with Gasteiger partial charge in [0.1, 0.15) is 23.9 Å². The fourth-order valence-corrected chi connectivity index (χ4v) is 5.14. The van der Waals surface area contributed by atoms with E-state index in [1.807, 2.05) is 22.9 Å². The molecule has 3 aromatic carbocycles. The van der Waals surface area contributed by atoms with Crippen molar-refractivity contribution in [3.05, 3.63) is 83.7 Å². The molecule has 0 saturated carbocycles. The SMILES string of the molecule is N#Cc1cccc(OCc2nn(C3CCOC3)c3ccc(-c4ccc5ccnc(N)c5c4)cc23)c1CC(=O)O. The van der Waals surface area contributed by atoms with E-state index in [-0.39, 0.29) is 24.6 Å². The number of carboxylic acid groups (broad SMARTS) is 1. The molecule has 6 rings (SSSR count). The summed E-state index contributed by atoms with van der Waals surface area (Å²) in [4.78, 5) is 15.7. The number of nitrogen functional groups attached to an aromatic ring is 1. The zero-order valence-electron chi connectivity index (χ0n) is 21.0. The first kappa shape index (κ1) is 24.4. The maximum absolute atomic E-state index is 11.5. The molecule has 9 nitrogen and oxygen atoms in total. The van der Waals surface area contributed by atoms with Crippen molar-refractivity contribution in [1.82, 2.24) is 14.8 Å². The van der Waals surface area contributed by atoms with Crippen molar-refractivity contribution in [3.63, 3.8) is 0 Å². The van der Waals surface area contributed by atoms with Crippen LogP contribution in [0.3, 0.4) is 0 Å². The number of ether oxygens (including phenoxy) is 2. The summed E-state index contributed by atoms with van der Waals surface area (Å²) in [6.45, 7) is 1.38. The smallest absolute Gasteiger partial charge is 0.308 e. The van der Waals surface area contributed by atoms with Crippen molar-refractivity contribution >= 4 is 33.5 Å². The maximum Gasteiger partial charge on any atom is 0.308 e. The van der Waals surface area contributed by atoms with Crippen LogP contribution in [0.2, 0.25) is 0 Å². The highest BCUT2D eigenvalue weighted by molar-refractivity contribution is 5.95. The molecule has 9 heteroatoms. The summed E-state index contributed by atoms with van der Waals surface area (Å²) < 4.78 is 13.7. The third kappa shape index (κ3) is 4.62. The lowest BCUT2D eigenvalue weighted by molar-refractivity contribution is -0.136. The number of carbonyl (C=O) groups is 1. The van der Waals surface area contributed by atoms with Crippen molar-refractivity contribution in [2.45, 2.75) is 25.5 Å². The van der Waals surface area contributed by atoms with Crippen LogP contribution >= 0.6 is 0 Å². The molecule has 2 aromatic heterocycles. The number of aliphatic carboxylic acids is 1. The van der Waals surface area contributed by atoms with E-state index >= 15 is 0 Å². The highest BCUT2D eigenvalue weighted by Crippen LogP contribution is 2.33. The van der Waals surface area contributed by atoms with Crippen molar-refractivity contribution in [1.29, 1.82) is 5.26 Å². The minimum absolute atomic E-state index is 0.108. The lowest BCUT2D eigenvalue weighted by Gasteiger charge is -2.11. The van der Waals surface area contributed by atoms with E-state index in [0.717, 1.165) is 39.2 Å². The molecule has 1 fully saturated rings. The largest absolute Gasteiger partial charge is 0.487 e. The van der Waals surface area contributed by atoms with Gasteiger partial charge in [0.15, 0.2) is 0 Å². The Morgan fingerprint density at radius 2 is 1.97 bits per heavy atom. The second-order valence-electron chi connectivity index (χ2n) is 9.53. The molecule has 5 aromatic rings. The summed E-state index contributed by atoms with van der Waals surface area (Å²) in [6, 6.07) is 21.4. The summed E-state index contributed by atoms with van der Waals surface area (Å²) in [7, 11) is 0. The minimum Gasteiger partial charge on any atom is -0.487 e. The molecular formula is C30H25N5O4. The van der Waals surface area contributed by atoms with E-state index in [9.17, 15) is 15.2 Å².